The van der Waals surface area contributed by atoms with Gasteiger partial charge in [0.25, 0.3) is 11.4 Å². The molecule has 0 bridgehead atoms. The van der Waals surface area contributed by atoms with E-state index >= 15 is 0 Å². The Kier molecular flexibility index (Phi) is 4.54. The highest BCUT2D eigenvalue weighted by Gasteiger charge is 2.38. The van der Waals surface area contributed by atoms with Crippen molar-refractivity contribution < 1.29 is 19.4 Å². The summed E-state index contributed by atoms with van der Waals surface area (Å²) in [5.74, 6) is -0.549. The zero-order chi connectivity index (χ0) is 16.3. The third-order valence-corrected chi connectivity index (χ3v) is 3.65. The third-order valence-electron chi connectivity index (χ3n) is 3.65. The number of nitro benzene ring substituents is 2. The third kappa shape index (κ3) is 2.83. The Balaban J connectivity index is 2.59. The number of ether oxygens (including phenoxy) is 1. The summed E-state index contributed by atoms with van der Waals surface area (Å²) in [5.41, 5.74) is -0.900. The number of nitro groups is 2. The Labute approximate surface area is 125 Å². The first kappa shape index (κ1) is 15.7. The van der Waals surface area contributed by atoms with Crippen LogP contribution in [0.2, 0.25) is 0 Å². The number of esters is 1. The first-order valence-corrected chi connectivity index (χ1v) is 6.73. The van der Waals surface area contributed by atoms with Crippen LogP contribution in [0.1, 0.15) is 19.3 Å². The maximum atomic E-state index is 11.9. The van der Waals surface area contributed by atoms with Gasteiger partial charge in [-0.3, -0.25) is 20.2 Å². The first-order valence-electron chi connectivity index (χ1n) is 6.73. The molecule has 22 heavy (non-hydrogen) atoms. The van der Waals surface area contributed by atoms with E-state index in [-0.39, 0.29) is 17.1 Å². The fraction of sp³-hybridized carbons (Fsp3) is 0.462. The van der Waals surface area contributed by atoms with Crippen molar-refractivity contribution in [3.05, 3.63) is 38.4 Å². The molecule has 1 aromatic rings. The van der Waals surface area contributed by atoms with Crippen LogP contribution in [0.4, 0.5) is 17.1 Å². The van der Waals surface area contributed by atoms with Gasteiger partial charge in [-0.1, -0.05) is 0 Å². The van der Waals surface area contributed by atoms with Gasteiger partial charge in [-0.15, -0.1) is 0 Å². The minimum atomic E-state index is -0.751. The lowest BCUT2D eigenvalue weighted by atomic mass is 10.0. The van der Waals surface area contributed by atoms with E-state index < -0.39 is 21.9 Å². The fourth-order valence-corrected chi connectivity index (χ4v) is 2.69. The second-order valence-corrected chi connectivity index (χ2v) is 4.89. The lowest BCUT2D eigenvalue weighted by Gasteiger charge is -2.34. The SMILES string of the molecule is COC(=O)C1CCCCN1c1c([N+](=O)[O-])cccc1[N+](=O)[O-]. The molecule has 1 saturated heterocycles. The molecule has 9 heteroatoms. The predicted molar refractivity (Wildman–Crippen MR) is 76.8 cm³/mol. The quantitative estimate of drug-likeness (QED) is 0.474. The largest absolute Gasteiger partial charge is 0.467 e. The van der Waals surface area contributed by atoms with E-state index in [0.717, 1.165) is 6.42 Å². The summed E-state index contributed by atoms with van der Waals surface area (Å²) in [6.07, 6.45) is 1.89. The Bertz CT molecular complexity index is 586. The summed E-state index contributed by atoms with van der Waals surface area (Å²) in [6.45, 7) is 0.325. The van der Waals surface area contributed by atoms with Gasteiger partial charge in [0.15, 0.2) is 5.69 Å². The monoisotopic (exact) mass is 309 g/mol. The van der Waals surface area contributed by atoms with Gasteiger partial charge < -0.3 is 9.64 Å². The van der Waals surface area contributed by atoms with E-state index in [1.807, 2.05) is 0 Å². The van der Waals surface area contributed by atoms with Crippen LogP contribution in [0.15, 0.2) is 18.2 Å². The summed E-state index contributed by atoms with van der Waals surface area (Å²) >= 11 is 0. The molecule has 0 saturated carbocycles. The molecule has 9 nitrogen and oxygen atoms in total. The number of anilines is 1. The standard InChI is InChI=1S/C13H15N3O6/c1-22-13(17)11-5-2-3-8-14(11)12-9(15(18)19)6-4-7-10(12)16(20)21/h4,6-7,11H,2-3,5,8H2,1H3. The number of nitrogens with zero attached hydrogens (tertiary/aromatic N) is 3. The van der Waals surface area contributed by atoms with Crippen LogP contribution in [-0.4, -0.2) is 35.5 Å². The average molecular weight is 309 g/mol. The van der Waals surface area contributed by atoms with Gasteiger partial charge in [-0.25, -0.2) is 4.79 Å². The smallest absolute Gasteiger partial charge is 0.328 e. The number of methoxy groups -OCH3 is 1. The summed E-state index contributed by atoms with van der Waals surface area (Å²) in [5, 5.41) is 22.5. The maximum absolute atomic E-state index is 11.9. The van der Waals surface area contributed by atoms with Gasteiger partial charge in [0.05, 0.1) is 17.0 Å². The lowest BCUT2D eigenvalue weighted by Crippen LogP contribution is -2.45. The van der Waals surface area contributed by atoms with Crippen LogP contribution in [0, 0.1) is 20.2 Å². The number of benzene rings is 1. The summed E-state index contributed by atoms with van der Waals surface area (Å²) in [6, 6.07) is 2.91. The molecule has 0 radical (unpaired) electrons. The van der Waals surface area contributed by atoms with Crippen LogP contribution in [0.25, 0.3) is 0 Å². The van der Waals surface area contributed by atoms with Gasteiger partial charge in [0.2, 0.25) is 0 Å². The average Bonchev–Trinajstić information content (AvgIpc) is 2.53. The molecule has 0 aliphatic carbocycles. The maximum Gasteiger partial charge on any atom is 0.328 e. The molecule has 1 unspecified atom stereocenters. The molecule has 1 aromatic carbocycles. The van der Waals surface area contributed by atoms with E-state index in [4.69, 9.17) is 4.74 Å². The molecule has 0 aromatic heterocycles. The molecular weight excluding hydrogens is 294 g/mol. The fourth-order valence-electron chi connectivity index (χ4n) is 2.69. The molecule has 118 valence electrons. The van der Waals surface area contributed by atoms with Crippen molar-refractivity contribution in [3.8, 4) is 0 Å². The Morgan fingerprint density at radius 2 is 1.82 bits per heavy atom. The topological polar surface area (TPSA) is 116 Å². The summed E-state index contributed by atoms with van der Waals surface area (Å²) < 4.78 is 4.72. The van der Waals surface area contributed by atoms with Gasteiger partial charge in [0.1, 0.15) is 6.04 Å². The highest BCUT2D eigenvalue weighted by atomic mass is 16.6. The van der Waals surface area contributed by atoms with E-state index in [1.165, 1.54) is 30.2 Å². The van der Waals surface area contributed by atoms with E-state index in [0.29, 0.717) is 19.4 Å². The summed E-state index contributed by atoms with van der Waals surface area (Å²) in [7, 11) is 1.23. The number of hydrogen-bond donors (Lipinski definition) is 0. The normalized spacial score (nSPS) is 17.9. The molecule has 1 fully saturated rings. The van der Waals surface area contributed by atoms with Crippen LogP contribution in [-0.2, 0) is 9.53 Å². The second kappa shape index (κ2) is 6.37. The lowest BCUT2D eigenvalue weighted by molar-refractivity contribution is -0.392. The number of hydrogen-bond acceptors (Lipinski definition) is 7. The predicted octanol–water partition coefficient (Wildman–Crippen LogP) is 2.03. The summed E-state index contributed by atoms with van der Waals surface area (Å²) in [4.78, 5) is 34.4. The van der Waals surface area contributed by atoms with Crippen LogP contribution in [0.3, 0.4) is 0 Å². The second-order valence-electron chi connectivity index (χ2n) is 4.89. The number of carbonyl (C=O) groups is 1. The van der Waals surface area contributed by atoms with Crippen molar-refractivity contribution in [1.82, 2.24) is 0 Å². The van der Waals surface area contributed by atoms with E-state index in [9.17, 15) is 25.0 Å². The zero-order valence-corrected chi connectivity index (χ0v) is 11.9. The van der Waals surface area contributed by atoms with Crippen molar-refractivity contribution in [2.75, 3.05) is 18.6 Å². The number of carbonyl (C=O) groups excluding carboxylic acids is 1. The molecule has 1 aliphatic rings. The first-order chi connectivity index (χ1) is 10.5. The van der Waals surface area contributed by atoms with Crippen LogP contribution < -0.4 is 4.90 Å². The highest BCUT2D eigenvalue weighted by Crippen LogP contribution is 2.40. The molecule has 1 atom stereocenters. The number of rotatable bonds is 4. The van der Waals surface area contributed by atoms with Crippen LogP contribution in [0.5, 0.6) is 0 Å². The molecule has 1 aliphatic heterocycles. The van der Waals surface area contributed by atoms with Crippen molar-refractivity contribution in [3.63, 3.8) is 0 Å². The molecule has 0 spiro atoms. The minimum Gasteiger partial charge on any atom is -0.467 e. The van der Waals surface area contributed by atoms with Crippen LogP contribution >= 0.6 is 0 Å². The number of piperidine rings is 1. The molecule has 2 rings (SSSR count). The Hall–Kier alpha value is -2.71. The van der Waals surface area contributed by atoms with E-state index in [1.54, 1.807) is 0 Å². The molecule has 0 amide bonds. The highest BCUT2D eigenvalue weighted by molar-refractivity contribution is 5.85. The van der Waals surface area contributed by atoms with Crippen molar-refractivity contribution in [2.24, 2.45) is 0 Å². The van der Waals surface area contributed by atoms with Crippen molar-refractivity contribution >= 4 is 23.0 Å². The van der Waals surface area contributed by atoms with Gasteiger partial charge >= 0.3 is 5.97 Å². The van der Waals surface area contributed by atoms with Gasteiger partial charge in [-0.2, -0.15) is 0 Å². The number of para-hydroxylation sites is 1. The van der Waals surface area contributed by atoms with Crippen molar-refractivity contribution in [2.45, 2.75) is 25.3 Å². The Morgan fingerprint density at radius 1 is 1.23 bits per heavy atom. The van der Waals surface area contributed by atoms with E-state index in [2.05, 4.69) is 0 Å². The minimum absolute atomic E-state index is 0.132. The molecular formula is C13H15N3O6. The van der Waals surface area contributed by atoms with Gasteiger partial charge in [-0.05, 0) is 25.3 Å². The van der Waals surface area contributed by atoms with Gasteiger partial charge in [0, 0.05) is 18.7 Å². The molecule has 0 N–H and O–H groups in total. The van der Waals surface area contributed by atoms with Crippen molar-refractivity contribution in [1.29, 1.82) is 0 Å². The zero-order valence-electron chi connectivity index (χ0n) is 11.9. The Morgan fingerprint density at radius 3 is 2.32 bits per heavy atom. The molecule has 1 heterocycles.